The van der Waals surface area contributed by atoms with Gasteiger partial charge in [0.05, 0.1) is 5.41 Å². The predicted molar refractivity (Wildman–Crippen MR) is 217 cm³/mol. The smallest absolute Gasteiger partial charge is 0.0738 e. The normalized spacial score (nSPS) is 15.4. The third-order valence-electron chi connectivity index (χ3n) is 12.0. The summed E-state index contributed by atoms with van der Waals surface area (Å²) in [6.45, 7) is 0. The lowest BCUT2D eigenvalue weighted by atomic mass is 9.73. The first kappa shape index (κ1) is 28.0. The van der Waals surface area contributed by atoms with Gasteiger partial charge in [0.1, 0.15) is 0 Å². The Bertz CT molecular complexity index is 2930. The van der Waals surface area contributed by atoms with Gasteiger partial charge in [-0.1, -0.05) is 152 Å². The summed E-state index contributed by atoms with van der Waals surface area (Å²) < 4.78 is 0. The Kier molecular flexibility index (Phi) is 5.49. The van der Waals surface area contributed by atoms with Crippen molar-refractivity contribution in [2.75, 3.05) is 4.90 Å². The third kappa shape index (κ3) is 3.52. The van der Waals surface area contributed by atoms with Crippen molar-refractivity contribution in [1.29, 1.82) is 0 Å². The van der Waals surface area contributed by atoms with Crippen LogP contribution in [0, 0.1) is 0 Å². The number of fused-ring (bicyclic) bond motifs is 7. The summed E-state index contributed by atoms with van der Waals surface area (Å²) in [5, 5.41) is 5.00. The Morgan fingerprint density at radius 3 is 1.62 bits per heavy atom. The minimum Gasteiger partial charge on any atom is -0.310 e. The van der Waals surface area contributed by atoms with E-state index in [1.807, 2.05) is 0 Å². The van der Waals surface area contributed by atoms with E-state index in [0.717, 1.165) is 17.1 Å². The fourth-order valence-electron chi connectivity index (χ4n) is 9.91. The van der Waals surface area contributed by atoms with E-state index < -0.39 is 0 Å². The Hall–Kier alpha value is -6.70. The standard InChI is InChI=1S/C51H31N/c1-2-12-35-30-37(27-22-32(35)10-1)52(36-25-23-34(24-26-36)40-16-7-13-33-11-3-4-14-39(33)40)38-28-29-42-44-18-9-20-46-45-19-8-17-43-41-15-5-6-21-47(41)51(49(43)45,50(44)46)48(42)31-38/h1-31H. The molecule has 1 heteroatoms. The van der Waals surface area contributed by atoms with Crippen LogP contribution in [0.2, 0.25) is 0 Å². The van der Waals surface area contributed by atoms with Crippen molar-refractivity contribution >= 4 is 38.6 Å². The average Bonchev–Trinajstić information content (AvgIpc) is 3.81. The monoisotopic (exact) mass is 657 g/mol. The molecule has 0 aliphatic heterocycles. The Balaban J connectivity index is 1.09. The van der Waals surface area contributed by atoms with Crippen LogP contribution in [0.4, 0.5) is 17.1 Å². The van der Waals surface area contributed by atoms with Crippen LogP contribution in [0.15, 0.2) is 188 Å². The van der Waals surface area contributed by atoms with E-state index in [1.54, 1.807) is 0 Å². The molecule has 0 radical (unpaired) electrons. The van der Waals surface area contributed by atoms with Crippen LogP contribution < -0.4 is 4.90 Å². The fourth-order valence-corrected chi connectivity index (χ4v) is 9.91. The molecule has 0 amide bonds. The molecule has 9 aromatic rings. The van der Waals surface area contributed by atoms with Gasteiger partial charge in [-0.3, -0.25) is 0 Å². The first-order valence-electron chi connectivity index (χ1n) is 18.2. The fraction of sp³-hybridized carbons (Fsp3) is 0.0196. The maximum atomic E-state index is 2.50. The highest BCUT2D eigenvalue weighted by Gasteiger charge is 2.57. The van der Waals surface area contributed by atoms with Gasteiger partial charge in [-0.15, -0.1) is 0 Å². The summed E-state index contributed by atoms with van der Waals surface area (Å²) in [7, 11) is 0. The van der Waals surface area contributed by atoms with Gasteiger partial charge >= 0.3 is 0 Å². The predicted octanol–water partition coefficient (Wildman–Crippen LogP) is 13.5. The van der Waals surface area contributed by atoms with Gasteiger partial charge in [0.25, 0.3) is 0 Å². The van der Waals surface area contributed by atoms with Gasteiger partial charge in [0, 0.05) is 17.1 Å². The lowest BCUT2D eigenvalue weighted by Crippen LogP contribution is -2.23. The molecule has 0 bridgehead atoms. The molecular formula is C51H31N. The van der Waals surface area contributed by atoms with Gasteiger partial charge in [0.2, 0.25) is 0 Å². The number of nitrogens with zero attached hydrogens (tertiary/aromatic N) is 1. The quantitative estimate of drug-likeness (QED) is 0.182. The minimum absolute atomic E-state index is 0.326. The van der Waals surface area contributed by atoms with Crippen LogP contribution in [0.1, 0.15) is 22.3 Å². The lowest BCUT2D eigenvalue weighted by molar-refractivity contribution is 0.818. The van der Waals surface area contributed by atoms with Crippen LogP contribution in [0.3, 0.4) is 0 Å². The molecule has 12 rings (SSSR count). The molecule has 1 atom stereocenters. The molecule has 0 fully saturated rings. The Morgan fingerprint density at radius 1 is 0.308 bits per heavy atom. The van der Waals surface area contributed by atoms with E-state index in [1.165, 1.54) is 88.3 Å². The molecule has 1 unspecified atom stereocenters. The molecule has 0 N–H and O–H groups in total. The first-order valence-corrected chi connectivity index (χ1v) is 18.2. The number of hydrogen-bond acceptors (Lipinski definition) is 1. The topological polar surface area (TPSA) is 3.24 Å². The van der Waals surface area contributed by atoms with Crippen molar-refractivity contribution in [2.45, 2.75) is 5.41 Å². The van der Waals surface area contributed by atoms with E-state index >= 15 is 0 Å². The van der Waals surface area contributed by atoms with Gasteiger partial charge in [0.15, 0.2) is 0 Å². The van der Waals surface area contributed by atoms with Crippen LogP contribution in [0.25, 0.3) is 66.1 Å². The maximum Gasteiger partial charge on any atom is 0.0738 e. The molecule has 240 valence electrons. The van der Waals surface area contributed by atoms with Crippen molar-refractivity contribution in [3.63, 3.8) is 0 Å². The maximum absolute atomic E-state index is 2.50. The molecule has 0 saturated heterocycles. The van der Waals surface area contributed by atoms with E-state index in [-0.39, 0.29) is 5.41 Å². The highest BCUT2D eigenvalue weighted by Crippen LogP contribution is 2.70. The second kappa shape index (κ2) is 10.2. The third-order valence-corrected chi connectivity index (χ3v) is 12.0. The van der Waals surface area contributed by atoms with Gasteiger partial charge < -0.3 is 4.90 Å². The molecule has 3 aliphatic carbocycles. The van der Waals surface area contributed by atoms with E-state index in [2.05, 4.69) is 193 Å². The molecule has 9 aromatic carbocycles. The zero-order chi connectivity index (χ0) is 34.0. The molecule has 1 nitrogen and oxygen atoms in total. The number of benzene rings is 9. The zero-order valence-corrected chi connectivity index (χ0v) is 28.3. The van der Waals surface area contributed by atoms with Crippen LogP contribution >= 0.6 is 0 Å². The van der Waals surface area contributed by atoms with Crippen molar-refractivity contribution in [2.24, 2.45) is 0 Å². The number of hydrogen-bond donors (Lipinski definition) is 0. The second-order valence-electron chi connectivity index (χ2n) is 14.4. The molecular weight excluding hydrogens is 627 g/mol. The highest BCUT2D eigenvalue weighted by atomic mass is 15.1. The van der Waals surface area contributed by atoms with Crippen LogP contribution in [0.5, 0.6) is 0 Å². The molecule has 0 heterocycles. The van der Waals surface area contributed by atoms with Crippen LogP contribution in [-0.4, -0.2) is 0 Å². The van der Waals surface area contributed by atoms with Gasteiger partial charge in [-0.05, 0) is 125 Å². The van der Waals surface area contributed by atoms with Gasteiger partial charge in [-0.2, -0.15) is 0 Å². The number of rotatable bonds is 4. The molecule has 0 aromatic heterocycles. The van der Waals surface area contributed by atoms with E-state index in [0.29, 0.717) is 0 Å². The minimum atomic E-state index is -0.326. The van der Waals surface area contributed by atoms with Crippen molar-refractivity contribution in [3.8, 4) is 44.5 Å². The lowest BCUT2D eigenvalue weighted by Gasteiger charge is -2.30. The van der Waals surface area contributed by atoms with E-state index in [4.69, 9.17) is 0 Å². The summed E-state index contributed by atoms with van der Waals surface area (Å²) >= 11 is 0. The summed E-state index contributed by atoms with van der Waals surface area (Å²) in [5.74, 6) is 0. The molecule has 52 heavy (non-hydrogen) atoms. The summed E-state index contributed by atoms with van der Waals surface area (Å²) in [6, 6.07) is 70.1. The zero-order valence-electron chi connectivity index (χ0n) is 28.3. The summed E-state index contributed by atoms with van der Waals surface area (Å²) in [4.78, 5) is 2.45. The second-order valence-corrected chi connectivity index (χ2v) is 14.4. The summed E-state index contributed by atoms with van der Waals surface area (Å²) in [5.41, 5.74) is 19.4. The number of anilines is 3. The molecule has 1 spiro atoms. The largest absolute Gasteiger partial charge is 0.310 e. The first-order chi connectivity index (χ1) is 25.8. The summed E-state index contributed by atoms with van der Waals surface area (Å²) in [6.07, 6.45) is 0. The molecule has 0 saturated carbocycles. The van der Waals surface area contributed by atoms with E-state index in [9.17, 15) is 0 Å². The SMILES string of the molecule is c1ccc2c(c1)-c1cccc3c1C21c2cc(N(c4ccc(-c5cccc6ccccc56)cc4)c4ccc5ccccc5c4)ccc2-c2cccc-3c21. The van der Waals surface area contributed by atoms with Crippen LogP contribution in [-0.2, 0) is 5.41 Å². The van der Waals surface area contributed by atoms with Gasteiger partial charge in [-0.25, -0.2) is 0 Å². The highest BCUT2D eigenvalue weighted by molar-refractivity contribution is 6.06. The van der Waals surface area contributed by atoms with Crippen molar-refractivity contribution < 1.29 is 0 Å². The van der Waals surface area contributed by atoms with Crippen molar-refractivity contribution in [1.82, 2.24) is 0 Å². The van der Waals surface area contributed by atoms with Crippen molar-refractivity contribution in [3.05, 3.63) is 210 Å². The molecule has 3 aliphatic rings. The average molecular weight is 658 g/mol. The Morgan fingerprint density at radius 2 is 0.827 bits per heavy atom. The Labute approximate surface area is 302 Å².